The van der Waals surface area contributed by atoms with Gasteiger partial charge in [-0.05, 0) is 26.7 Å². The van der Waals surface area contributed by atoms with Crippen LogP contribution in [0.25, 0.3) is 0 Å². The van der Waals surface area contributed by atoms with E-state index in [2.05, 4.69) is 21.1 Å². The van der Waals surface area contributed by atoms with Gasteiger partial charge in [-0.2, -0.15) is 0 Å². The van der Waals surface area contributed by atoms with E-state index in [1.807, 2.05) is 30.3 Å². The zero-order valence-corrected chi connectivity index (χ0v) is 9.81. The highest BCUT2D eigenvalue weighted by atomic mass is 79.9. The molecule has 0 fully saturated rings. The van der Waals surface area contributed by atoms with Gasteiger partial charge in [0.2, 0.25) is 5.76 Å². The van der Waals surface area contributed by atoms with E-state index in [9.17, 15) is 4.79 Å². The molecule has 1 aromatic carbocycles. The van der Waals surface area contributed by atoms with Crippen LogP contribution in [-0.2, 0) is 6.61 Å². The first-order valence-electron chi connectivity index (χ1n) is 4.58. The SMILES string of the molecule is O=Cc1onc(OCc2ccccc2)c1Br. The van der Waals surface area contributed by atoms with Gasteiger partial charge in [0, 0.05) is 0 Å². The van der Waals surface area contributed by atoms with E-state index in [-0.39, 0.29) is 11.6 Å². The lowest BCUT2D eigenvalue weighted by Crippen LogP contribution is -1.95. The van der Waals surface area contributed by atoms with Crippen LogP contribution in [0.4, 0.5) is 0 Å². The summed E-state index contributed by atoms with van der Waals surface area (Å²) < 4.78 is 10.6. The highest BCUT2D eigenvalue weighted by molar-refractivity contribution is 9.10. The summed E-state index contributed by atoms with van der Waals surface area (Å²) in [5, 5.41) is 3.63. The second-order valence-corrected chi connectivity index (χ2v) is 3.85. The van der Waals surface area contributed by atoms with Crippen LogP contribution in [0.1, 0.15) is 16.1 Å². The smallest absolute Gasteiger partial charge is 0.269 e. The van der Waals surface area contributed by atoms with Crippen LogP contribution in [0.15, 0.2) is 39.3 Å². The Labute approximate surface area is 100 Å². The molecule has 1 heterocycles. The minimum absolute atomic E-state index is 0.128. The van der Waals surface area contributed by atoms with Crippen molar-refractivity contribution in [3.8, 4) is 5.88 Å². The van der Waals surface area contributed by atoms with Crippen molar-refractivity contribution < 1.29 is 14.1 Å². The fourth-order valence-electron chi connectivity index (χ4n) is 1.17. The molecule has 0 saturated heterocycles. The van der Waals surface area contributed by atoms with Crippen molar-refractivity contribution in [1.29, 1.82) is 0 Å². The topological polar surface area (TPSA) is 52.3 Å². The summed E-state index contributed by atoms with van der Waals surface area (Å²) in [6.07, 6.45) is 0.576. The van der Waals surface area contributed by atoms with Crippen LogP contribution < -0.4 is 4.74 Å². The Morgan fingerprint density at radius 1 is 1.38 bits per heavy atom. The minimum Gasteiger partial charge on any atom is -0.470 e. The van der Waals surface area contributed by atoms with Crippen molar-refractivity contribution in [3.63, 3.8) is 0 Å². The zero-order chi connectivity index (χ0) is 11.4. The molecule has 16 heavy (non-hydrogen) atoms. The van der Waals surface area contributed by atoms with Gasteiger partial charge < -0.3 is 9.26 Å². The Morgan fingerprint density at radius 3 is 2.75 bits per heavy atom. The molecule has 0 unspecified atom stereocenters. The standard InChI is InChI=1S/C11H8BrNO3/c12-10-9(6-14)16-13-11(10)15-7-8-4-2-1-3-5-8/h1-6H,7H2. The van der Waals surface area contributed by atoms with E-state index in [0.29, 0.717) is 17.4 Å². The lowest BCUT2D eigenvalue weighted by Gasteiger charge is -2.01. The van der Waals surface area contributed by atoms with Crippen LogP contribution in [-0.4, -0.2) is 11.4 Å². The lowest BCUT2D eigenvalue weighted by molar-refractivity contribution is 0.109. The number of carbonyl (C=O) groups excluding carboxylic acids is 1. The lowest BCUT2D eigenvalue weighted by atomic mass is 10.2. The van der Waals surface area contributed by atoms with E-state index in [4.69, 9.17) is 9.26 Å². The molecule has 82 valence electrons. The molecule has 2 rings (SSSR count). The first kappa shape index (κ1) is 10.9. The normalized spacial score (nSPS) is 10.1. The maximum Gasteiger partial charge on any atom is 0.269 e. The zero-order valence-electron chi connectivity index (χ0n) is 8.22. The van der Waals surface area contributed by atoms with Crippen molar-refractivity contribution in [2.45, 2.75) is 6.61 Å². The third-order valence-corrected chi connectivity index (χ3v) is 2.69. The largest absolute Gasteiger partial charge is 0.470 e. The number of nitrogens with zero attached hydrogens (tertiary/aromatic N) is 1. The number of aldehydes is 1. The van der Waals surface area contributed by atoms with E-state index < -0.39 is 0 Å². The molecule has 0 aliphatic carbocycles. The van der Waals surface area contributed by atoms with Gasteiger partial charge in [0.15, 0.2) is 6.29 Å². The van der Waals surface area contributed by atoms with Crippen LogP contribution in [0.5, 0.6) is 5.88 Å². The number of ether oxygens (including phenoxy) is 1. The van der Waals surface area contributed by atoms with Gasteiger partial charge in [-0.15, -0.1) is 0 Å². The number of hydrogen-bond acceptors (Lipinski definition) is 4. The van der Waals surface area contributed by atoms with Crippen molar-refractivity contribution in [2.24, 2.45) is 0 Å². The molecule has 0 amide bonds. The first-order chi connectivity index (χ1) is 7.81. The number of aromatic nitrogens is 1. The van der Waals surface area contributed by atoms with Crippen molar-refractivity contribution in [1.82, 2.24) is 5.16 Å². The maximum atomic E-state index is 10.5. The van der Waals surface area contributed by atoms with Crippen LogP contribution in [0.2, 0.25) is 0 Å². The van der Waals surface area contributed by atoms with Gasteiger partial charge in [0.1, 0.15) is 11.1 Å². The number of hydrogen-bond donors (Lipinski definition) is 0. The van der Waals surface area contributed by atoms with Crippen molar-refractivity contribution >= 4 is 22.2 Å². The summed E-state index contributed by atoms with van der Waals surface area (Å²) in [5.74, 6) is 0.411. The molecule has 5 heteroatoms. The number of halogens is 1. The van der Waals surface area contributed by atoms with E-state index in [1.165, 1.54) is 0 Å². The van der Waals surface area contributed by atoms with Crippen molar-refractivity contribution in [3.05, 3.63) is 46.1 Å². The highest BCUT2D eigenvalue weighted by Crippen LogP contribution is 2.27. The fourth-order valence-corrected chi connectivity index (χ4v) is 1.52. The molecule has 0 bridgehead atoms. The molecule has 0 N–H and O–H groups in total. The highest BCUT2D eigenvalue weighted by Gasteiger charge is 2.13. The minimum atomic E-state index is 0.128. The molecule has 0 aliphatic rings. The summed E-state index contributed by atoms with van der Waals surface area (Å²) in [7, 11) is 0. The van der Waals surface area contributed by atoms with Gasteiger partial charge >= 0.3 is 0 Å². The Kier molecular flexibility index (Phi) is 3.36. The maximum absolute atomic E-state index is 10.5. The van der Waals surface area contributed by atoms with E-state index >= 15 is 0 Å². The van der Waals surface area contributed by atoms with E-state index in [0.717, 1.165) is 5.56 Å². The second-order valence-electron chi connectivity index (χ2n) is 3.06. The number of carbonyl (C=O) groups is 1. The molecule has 0 aliphatic heterocycles. The van der Waals surface area contributed by atoms with Gasteiger partial charge in [-0.3, -0.25) is 4.79 Å². The molecular weight excluding hydrogens is 274 g/mol. The molecule has 0 radical (unpaired) electrons. The molecule has 0 atom stereocenters. The molecule has 0 saturated carbocycles. The molecule has 1 aromatic heterocycles. The van der Waals surface area contributed by atoms with Crippen molar-refractivity contribution in [2.75, 3.05) is 0 Å². The summed E-state index contributed by atoms with van der Waals surface area (Å²) in [6, 6.07) is 9.66. The monoisotopic (exact) mass is 281 g/mol. The Balaban J connectivity index is 2.05. The molecule has 2 aromatic rings. The summed E-state index contributed by atoms with van der Waals surface area (Å²) >= 11 is 3.17. The summed E-state index contributed by atoms with van der Waals surface area (Å²) in [6.45, 7) is 0.379. The molecule has 0 spiro atoms. The van der Waals surface area contributed by atoms with Crippen LogP contribution in [0.3, 0.4) is 0 Å². The first-order valence-corrected chi connectivity index (χ1v) is 5.37. The third-order valence-electron chi connectivity index (χ3n) is 1.96. The number of rotatable bonds is 4. The summed E-state index contributed by atoms with van der Waals surface area (Å²) in [4.78, 5) is 10.5. The van der Waals surface area contributed by atoms with Gasteiger partial charge in [-0.1, -0.05) is 30.3 Å². The average Bonchev–Trinajstić information content (AvgIpc) is 2.69. The van der Waals surface area contributed by atoms with Gasteiger partial charge in [-0.25, -0.2) is 0 Å². The number of benzene rings is 1. The van der Waals surface area contributed by atoms with Gasteiger partial charge in [0.05, 0.1) is 0 Å². The quantitative estimate of drug-likeness (QED) is 0.809. The molecule has 4 nitrogen and oxygen atoms in total. The van der Waals surface area contributed by atoms with Crippen LogP contribution >= 0.6 is 15.9 Å². The van der Waals surface area contributed by atoms with Gasteiger partial charge in [0.25, 0.3) is 5.88 Å². The molecular formula is C11H8BrNO3. The second kappa shape index (κ2) is 4.94. The third kappa shape index (κ3) is 2.30. The summed E-state index contributed by atoms with van der Waals surface area (Å²) in [5.41, 5.74) is 1.02. The Bertz CT molecular complexity index is 481. The Morgan fingerprint density at radius 2 is 2.12 bits per heavy atom. The predicted octanol–water partition coefficient (Wildman–Crippen LogP) is 2.83. The Hall–Kier alpha value is -1.62. The predicted molar refractivity (Wildman–Crippen MR) is 60.4 cm³/mol. The van der Waals surface area contributed by atoms with Crippen LogP contribution in [0, 0.1) is 0 Å². The fraction of sp³-hybridized carbons (Fsp3) is 0.0909. The van der Waals surface area contributed by atoms with E-state index in [1.54, 1.807) is 0 Å². The average molecular weight is 282 g/mol.